The number of para-hydroxylation sites is 1. The molecule has 3 nitrogen and oxygen atoms in total. The number of methoxy groups -OCH3 is 1. The van der Waals surface area contributed by atoms with Gasteiger partial charge in [-0.3, -0.25) is 0 Å². The van der Waals surface area contributed by atoms with Gasteiger partial charge < -0.3 is 15.2 Å². The summed E-state index contributed by atoms with van der Waals surface area (Å²) >= 11 is 3.45. The fourth-order valence-corrected chi connectivity index (χ4v) is 2.46. The summed E-state index contributed by atoms with van der Waals surface area (Å²) < 4.78 is 19.7. The molecule has 0 aliphatic carbocycles. The summed E-state index contributed by atoms with van der Waals surface area (Å²) in [4.78, 5) is 0. The molecule has 21 heavy (non-hydrogen) atoms. The Morgan fingerprint density at radius 3 is 2.57 bits per heavy atom. The van der Waals surface area contributed by atoms with Gasteiger partial charge in [0.05, 0.1) is 19.3 Å². The molecule has 1 unspecified atom stereocenters. The number of rotatable bonds is 5. The summed E-state index contributed by atoms with van der Waals surface area (Å²) in [5.41, 5.74) is 0.654. The van der Waals surface area contributed by atoms with Crippen molar-refractivity contribution in [1.82, 2.24) is 0 Å². The third-order valence-corrected chi connectivity index (χ3v) is 4.08. The lowest BCUT2D eigenvalue weighted by atomic mass is 9.92. The van der Waals surface area contributed by atoms with Gasteiger partial charge in [-0.1, -0.05) is 18.2 Å². The maximum Gasteiger partial charge on any atom is 0.165 e. The minimum atomic E-state index is -0.809. The van der Waals surface area contributed by atoms with Gasteiger partial charge in [-0.2, -0.15) is 0 Å². The van der Waals surface area contributed by atoms with Crippen LogP contribution < -0.4 is 10.1 Å². The Hall–Kier alpha value is -1.59. The molecule has 0 amide bonds. The van der Waals surface area contributed by atoms with E-state index in [2.05, 4.69) is 21.2 Å². The zero-order valence-electron chi connectivity index (χ0n) is 11.9. The van der Waals surface area contributed by atoms with E-state index in [-0.39, 0.29) is 12.4 Å². The largest absolute Gasteiger partial charge is 0.494 e. The molecule has 0 aliphatic heterocycles. The molecule has 1 atom stereocenters. The van der Waals surface area contributed by atoms with Crippen molar-refractivity contribution in [2.45, 2.75) is 12.5 Å². The maximum atomic E-state index is 13.9. The van der Waals surface area contributed by atoms with Gasteiger partial charge in [-0.15, -0.1) is 0 Å². The van der Waals surface area contributed by atoms with E-state index >= 15 is 0 Å². The number of hydrogen-bond acceptors (Lipinski definition) is 3. The molecular formula is C16H17BrFNO2. The first-order valence-electron chi connectivity index (χ1n) is 6.48. The minimum absolute atomic E-state index is 0.180. The monoisotopic (exact) mass is 353 g/mol. The van der Waals surface area contributed by atoms with E-state index in [4.69, 9.17) is 4.74 Å². The molecule has 0 radical (unpaired) electrons. The molecule has 0 spiro atoms. The first kappa shape index (κ1) is 15.8. The van der Waals surface area contributed by atoms with Crippen molar-refractivity contribution >= 4 is 21.6 Å². The van der Waals surface area contributed by atoms with Gasteiger partial charge in [0.2, 0.25) is 0 Å². The van der Waals surface area contributed by atoms with E-state index in [9.17, 15) is 9.50 Å². The lowest BCUT2D eigenvalue weighted by Gasteiger charge is -2.31. The molecule has 112 valence electrons. The topological polar surface area (TPSA) is 41.5 Å². The maximum absolute atomic E-state index is 13.9. The average molecular weight is 354 g/mol. The van der Waals surface area contributed by atoms with Crippen LogP contribution in [0.3, 0.4) is 0 Å². The Bertz CT molecular complexity index is 635. The molecule has 2 aromatic rings. The summed E-state index contributed by atoms with van der Waals surface area (Å²) in [6, 6.07) is 12.2. The second-order valence-electron chi connectivity index (χ2n) is 4.94. The summed E-state index contributed by atoms with van der Waals surface area (Å²) in [6.07, 6.45) is 0. The van der Waals surface area contributed by atoms with Crippen molar-refractivity contribution in [2.75, 3.05) is 19.0 Å². The third kappa shape index (κ3) is 3.36. The number of anilines is 1. The van der Waals surface area contributed by atoms with Crippen molar-refractivity contribution in [1.29, 1.82) is 0 Å². The molecular weight excluding hydrogens is 337 g/mol. The number of benzene rings is 2. The first-order valence-corrected chi connectivity index (χ1v) is 7.27. The van der Waals surface area contributed by atoms with Crippen LogP contribution in [0.2, 0.25) is 0 Å². The third-order valence-electron chi connectivity index (χ3n) is 3.39. The molecule has 0 bridgehead atoms. The number of hydrogen-bond donors (Lipinski definition) is 2. The highest BCUT2D eigenvalue weighted by Gasteiger charge is 2.27. The van der Waals surface area contributed by atoms with E-state index in [0.29, 0.717) is 5.56 Å². The Morgan fingerprint density at radius 1 is 1.29 bits per heavy atom. The van der Waals surface area contributed by atoms with Crippen LogP contribution >= 0.6 is 15.9 Å². The van der Waals surface area contributed by atoms with Crippen molar-refractivity contribution in [2.24, 2.45) is 0 Å². The summed E-state index contributed by atoms with van der Waals surface area (Å²) in [5.74, 6) is -0.275. The van der Waals surface area contributed by atoms with Crippen LogP contribution in [0.5, 0.6) is 5.75 Å². The van der Waals surface area contributed by atoms with Crippen molar-refractivity contribution in [3.63, 3.8) is 0 Å². The predicted molar refractivity (Wildman–Crippen MR) is 85.2 cm³/mol. The SMILES string of the molecule is COc1ccc(C(C)(CO)Nc2ccccc2Br)cc1F. The molecule has 0 saturated heterocycles. The Morgan fingerprint density at radius 2 is 2.00 bits per heavy atom. The number of halogens is 2. The van der Waals surface area contributed by atoms with Gasteiger partial charge >= 0.3 is 0 Å². The molecule has 2 rings (SSSR count). The first-order chi connectivity index (χ1) is 10.00. The molecule has 0 saturated carbocycles. The van der Waals surface area contributed by atoms with E-state index in [1.165, 1.54) is 13.2 Å². The van der Waals surface area contributed by atoms with Gasteiger partial charge in [0.1, 0.15) is 0 Å². The summed E-state index contributed by atoms with van der Waals surface area (Å²) in [6.45, 7) is 1.63. The Balaban J connectivity index is 2.37. The van der Waals surface area contributed by atoms with Crippen molar-refractivity contribution < 1.29 is 14.2 Å². The summed E-state index contributed by atoms with van der Waals surface area (Å²) in [5, 5.41) is 13.0. The van der Waals surface area contributed by atoms with Crippen LogP contribution in [0.15, 0.2) is 46.9 Å². The standard InChI is InChI=1S/C16H17BrFNO2/c1-16(10-20,19-14-6-4-3-5-12(14)17)11-7-8-15(21-2)13(18)9-11/h3-9,19-20H,10H2,1-2H3. The van der Waals surface area contributed by atoms with Crippen LogP contribution in [0.25, 0.3) is 0 Å². The quantitative estimate of drug-likeness (QED) is 0.855. The minimum Gasteiger partial charge on any atom is -0.494 e. The van der Waals surface area contributed by atoms with Crippen LogP contribution in [-0.4, -0.2) is 18.8 Å². The molecule has 2 aromatic carbocycles. The fraction of sp³-hybridized carbons (Fsp3) is 0.250. The number of aliphatic hydroxyl groups is 1. The Kier molecular flexibility index (Phi) is 4.85. The fourth-order valence-electron chi connectivity index (χ4n) is 2.07. The highest BCUT2D eigenvalue weighted by Crippen LogP contribution is 2.32. The summed E-state index contributed by atoms with van der Waals surface area (Å²) in [7, 11) is 1.42. The molecule has 5 heteroatoms. The van der Waals surface area contributed by atoms with E-state index < -0.39 is 11.4 Å². The number of aliphatic hydroxyl groups excluding tert-OH is 1. The van der Waals surface area contributed by atoms with Gasteiger partial charge in [0, 0.05) is 10.2 Å². The number of nitrogens with one attached hydrogen (secondary N) is 1. The Labute approximate surface area is 131 Å². The molecule has 2 N–H and O–H groups in total. The van der Waals surface area contributed by atoms with Crippen LogP contribution in [0.4, 0.5) is 10.1 Å². The van der Waals surface area contributed by atoms with Gasteiger partial charge in [-0.05, 0) is 52.7 Å². The lowest BCUT2D eigenvalue weighted by Crippen LogP contribution is -2.36. The van der Waals surface area contributed by atoms with E-state index in [1.54, 1.807) is 12.1 Å². The second kappa shape index (κ2) is 6.45. The molecule has 0 aliphatic rings. The zero-order valence-corrected chi connectivity index (χ0v) is 13.4. The van der Waals surface area contributed by atoms with E-state index in [0.717, 1.165) is 10.2 Å². The predicted octanol–water partition coefficient (Wildman–Crippen LogP) is 3.92. The average Bonchev–Trinajstić information content (AvgIpc) is 2.49. The van der Waals surface area contributed by atoms with Gasteiger partial charge in [-0.25, -0.2) is 4.39 Å². The second-order valence-corrected chi connectivity index (χ2v) is 5.80. The van der Waals surface area contributed by atoms with Crippen molar-refractivity contribution in [3.8, 4) is 5.75 Å². The smallest absolute Gasteiger partial charge is 0.165 e. The van der Waals surface area contributed by atoms with Crippen LogP contribution in [0, 0.1) is 5.82 Å². The lowest BCUT2D eigenvalue weighted by molar-refractivity contribution is 0.223. The van der Waals surface area contributed by atoms with Crippen LogP contribution in [0.1, 0.15) is 12.5 Å². The normalized spacial score (nSPS) is 13.6. The van der Waals surface area contributed by atoms with E-state index in [1.807, 2.05) is 31.2 Å². The number of ether oxygens (including phenoxy) is 1. The molecule has 0 aromatic heterocycles. The highest BCUT2D eigenvalue weighted by atomic mass is 79.9. The highest BCUT2D eigenvalue weighted by molar-refractivity contribution is 9.10. The van der Waals surface area contributed by atoms with Gasteiger partial charge in [0.25, 0.3) is 0 Å². The van der Waals surface area contributed by atoms with Crippen LogP contribution in [-0.2, 0) is 5.54 Å². The van der Waals surface area contributed by atoms with Crippen molar-refractivity contribution in [3.05, 3.63) is 58.3 Å². The van der Waals surface area contributed by atoms with Gasteiger partial charge in [0.15, 0.2) is 11.6 Å². The molecule has 0 heterocycles. The molecule has 0 fully saturated rings. The zero-order chi connectivity index (χ0) is 15.5.